The number of hydrogen-bond donors (Lipinski definition) is 1. The molecule has 3 nitrogen and oxygen atoms in total. The first-order chi connectivity index (χ1) is 4.34. The molecular formula is C7H15NO2. The minimum atomic E-state index is -0.508. The standard InChI is InChI=1S/C7H15NO2/c1-5(8)10-6(9)7(2,3)4/h5H,8H2,1-4H3. The highest BCUT2D eigenvalue weighted by Gasteiger charge is 2.23. The first-order valence-corrected chi connectivity index (χ1v) is 3.30. The lowest BCUT2D eigenvalue weighted by Crippen LogP contribution is -2.31. The normalized spacial score (nSPS) is 14.5. The monoisotopic (exact) mass is 145 g/mol. The van der Waals surface area contributed by atoms with Crippen molar-refractivity contribution in [1.29, 1.82) is 0 Å². The first kappa shape index (κ1) is 9.43. The van der Waals surface area contributed by atoms with E-state index in [1.807, 2.05) is 0 Å². The Kier molecular flexibility index (Phi) is 2.84. The molecule has 0 aromatic carbocycles. The Labute approximate surface area is 61.5 Å². The van der Waals surface area contributed by atoms with E-state index in [0.29, 0.717) is 0 Å². The summed E-state index contributed by atoms with van der Waals surface area (Å²) in [7, 11) is 0. The van der Waals surface area contributed by atoms with Crippen molar-refractivity contribution in [2.45, 2.75) is 33.9 Å². The maximum atomic E-state index is 11.0. The van der Waals surface area contributed by atoms with E-state index in [2.05, 4.69) is 0 Å². The van der Waals surface area contributed by atoms with Crippen LogP contribution in [-0.4, -0.2) is 12.2 Å². The molecule has 0 saturated carbocycles. The van der Waals surface area contributed by atoms with E-state index < -0.39 is 11.6 Å². The van der Waals surface area contributed by atoms with E-state index in [4.69, 9.17) is 10.5 Å². The number of rotatable bonds is 1. The van der Waals surface area contributed by atoms with Crippen LogP contribution in [0.2, 0.25) is 0 Å². The second-order valence-corrected chi connectivity index (χ2v) is 3.36. The summed E-state index contributed by atoms with van der Waals surface area (Å²) in [5.41, 5.74) is 4.80. The Balaban J connectivity index is 3.87. The van der Waals surface area contributed by atoms with Crippen LogP contribution in [0.5, 0.6) is 0 Å². The van der Waals surface area contributed by atoms with Crippen molar-refractivity contribution in [1.82, 2.24) is 0 Å². The second kappa shape index (κ2) is 3.01. The van der Waals surface area contributed by atoms with Crippen molar-refractivity contribution in [2.24, 2.45) is 11.1 Å². The largest absolute Gasteiger partial charge is 0.447 e. The minimum absolute atomic E-state index is 0.262. The summed E-state index contributed by atoms with van der Waals surface area (Å²) in [5.74, 6) is -0.262. The Morgan fingerprint density at radius 1 is 1.50 bits per heavy atom. The van der Waals surface area contributed by atoms with Gasteiger partial charge < -0.3 is 4.74 Å². The zero-order valence-corrected chi connectivity index (χ0v) is 6.97. The number of carbonyl (C=O) groups is 1. The highest BCUT2D eigenvalue weighted by Crippen LogP contribution is 2.15. The van der Waals surface area contributed by atoms with Crippen molar-refractivity contribution in [3.63, 3.8) is 0 Å². The van der Waals surface area contributed by atoms with Crippen molar-refractivity contribution < 1.29 is 9.53 Å². The molecule has 0 aliphatic rings. The highest BCUT2D eigenvalue weighted by atomic mass is 16.6. The van der Waals surface area contributed by atoms with Crippen molar-refractivity contribution in [3.8, 4) is 0 Å². The Morgan fingerprint density at radius 2 is 1.90 bits per heavy atom. The van der Waals surface area contributed by atoms with Gasteiger partial charge in [0, 0.05) is 0 Å². The molecule has 0 aliphatic carbocycles. The topological polar surface area (TPSA) is 52.3 Å². The van der Waals surface area contributed by atoms with E-state index >= 15 is 0 Å². The number of ether oxygens (including phenoxy) is 1. The predicted octanol–water partition coefficient (Wildman–Crippen LogP) is 0.880. The van der Waals surface area contributed by atoms with E-state index in [1.54, 1.807) is 27.7 Å². The average molecular weight is 145 g/mol. The molecule has 1 atom stereocenters. The second-order valence-electron chi connectivity index (χ2n) is 3.36. The molecule has 0 radical (unpaired) electrons. The van der Waals surface area contributed by atoms with E-state index in [-0.39, 0.29) is 5.97 Å². The van der Waals surface area contributed by atoms with Gasteiger partial charge in [-0.2, -0.15) is 0 Å². The summed E-state index contributed by atoms with van der Waals surface area (Å²) in [6.45, 7) is 7.00. The van der Waals surface area contributed by atoms with E-state index in [9.17, 15) is 4.79 Å². The summed E-state index contributed by atoms with van der Waals surface area (Å²) in [6.07, 6.45) is -0.508. The Bertz CT molecular complexity index is 124. The number of carbonyl (C=O) groups excluding carboxylic acids is 1. The maximum Gasteiger partial charge on any atom is 0.312 e. The summed E-state index contributed by atoms with van der Waals surface area (Å²) in [5, 5.41) is 0. The van der Waals surface area contributed by atoms with E-state index in [1.165, 1.54) is 0 Å². The van der Waals surface area contributed by atoms with Gasteiger partial charge in [0.05, 0.1) is 5.41 Å². The third kappa shape index (κ3) is 3.45. The summed E-state index contributed by atoms with van der Waals surface area (Å²) in [6, 6.07) is 0. The first-order valence-electron chi connectivity index (χ1n) is 3.30. The minimum Gasteiger partial charge on any atom is -0.447 e. The molecule has 60 valence electrons. The molecule has 0 heterocycles. The molecule has 3 heteroatoms. The molecule has 10 heavy (non-hydrogen) atoms. The summed E-state index contributed by atoms with van der Waals surface area (Å²) >= 11 is 0. The molecule has 0 amide bonds. The molecule has 0 spiro atoms. The van der Waals surface area contributed by atoms with Crippen LogP contribution < -0.4 is 5.73 Å². The van der Waals surface area contributed by atoms with Crippen LogP contribution in [0.25, 0.3) is 0 Å². The van der Waals surface area contributed by atoms with E-state index in [0.717, 1.165) is 0 Å². The van der Waals surface area contributed by atoms with Gasteiger partial charge in [-0.25, -0.2) is 0 Å². The van der Waals surface area contributed by atoms with Crippen LogP contribution in [0, 0.1) is 5.41 Å². The van der Waals surface area contributed by atoms with Gasteiger partial charge in [-0.1, -0.05) is 0 Å². The van der Waals surface area contributed by atoms with Crippen molar-refractivity contribution >= 4 is 5.97 Å². The maximum absolute atomic E-state index is 11.0. The van der Waals surface area contributed by atoms with Gasteiger partial charge in [0.15, 0.2) is 0 Å². The lowest BCUT2D eigenvalue weighted by molar-refractivity contribution is -0.157. The number of nitrogens with two attached hydrogens (primary N) is 1. The molecule has 0 bridgehead atoms. The summed E-state index contributed by atoms with van der Waals surface area (Å²) < 4.78 is 4.75. The van der Waals surface area contributed by atoms with Crippen LogP contribution in [-0.2, 0) is 9.53 Å². The molecule has 2 N–H and O–H groups in total. The highest BCUT2D eigenvalue weighted by molar-refractivity contribution is 5.75. The Morgan fingerprint density at radius 3 is 2.00 bits per heavy atom. The fourth-order valence-corrected chi connectivity index (χ4v) is 0.346. The molecular weight excluding hydrogens is 130 g/mol. The molecule has 0 rings (SSSR count). The molecule has 0 fully saturated rings. The van der Waals surface area contributed by atoms with Gasteiger partial charge in [-0.3, -0.25) is 10.5 Å². The number of esters is 1. The average Bonchev–Trinajstić information content (AvgIpc) is 1.60. The third-order valence-corrected chi connectivity index (χ3v) is 0.905. The lowest BCUT2D eigenvalue weighted by atomic mass is 9.97. The third-order valence-electron chi connectivity index (χ3n) is 0.905. The number of hydrogen-bond acceptors (Lipinski definition) is 3. The van der Waals surface area contributed by atoms with Crippen LogP contribution in [0.3, 0.4) is 0 Å². The van der Waals surface area contributed by atoms with Gasteiger partial charge in [0.2, 0.25) is 0 Å². The van der Waals surface area contributed by atoms with Gasteiger partial charge in [0.25, 0.3) is 0 Å². The fraction of sp³-hybridized carbons (Fsp3) is 0.857. The molecule has 0 aromatic heterocycles. The van der Waals surface area contributed by atoms with Crippen LogP contribution in [0.1, 0.15) is 27.7 Å². The predicted molar refractivity (Wildman–Crippen MR) is 39.2 cm³/mol. The van der Waals surface area contributed by atoms with Crippen LogP contribution in [0.15, 0.2) is 0 Å². The molecule has 1 unspecified atom stereocenters. The van der Waals surface area contributed by atoms with Crippen LogP contribution >= 0.6 is 0 Å². The molecule has 0 aromatic rings. The SMILES string of the molecule is CC(N)OC(=O)C(C)(C)C. The van der Waals surface area contributed by atoms with Gasteiger partial charge in [-0.05, 0) is 27.7 Å². The lowest BCUT2D eigenvalue weighted by Gasteiger charge is -2.18. The van der Waals surface area contributed by atoms with Crippen molar-refractivity contribution in [3.05, 3.63) is 0 Å². The molecule has 0 aliphatic heterocycles. The van der Waals surface area contributed by atoms with Crippen LogP contribution in [0.4, 0.5) is 0 Å². The van der Waals surface area contributed by atoms with Gasteiger partial charge in [0.1, 0.15) is 6.23 Å². The Hall–Kier alpha value is -0.570. The van der Waals surface area contributed by atoms with Gasteiger partial charge >= 0.3 is 5.97 Å². The molecule has 0 saturated heterocycles. The van der Waals surface area contributed by atoms with Gasteiger partial charge in [-0.15, -0.1) is 0 Å². The zero-order chi connectivity index (χ0) is 8.36. The smallest absolute Gasteiger partial charge is 0.312 e. The van der Waals surface area contributed by atoms with Crippen molar-refractivity contribution in [2.75, 3.05) is 0 Å². The zero-order valence-electron chi connectivity index (χ0n) is 6.97. The quantitative estimate of drug-likeness (QED) is 0.440. The fourth-order valence-electron chi connectivity index (χ4n) is 0.346. The summed E-state index contributed by atoms with van der Waals surface area (Å²) in [4.78, 5) is 11.0.